The van der Waals surface area contributed by atoms with Crippen molar-refractivity contribution >= 4 is 5.82 Å². The lowest BCUT2D eigenvalue weighted by molar-refractivity contribution is 0.500. The van der Waals surface area contributed by atoms with Crippen LogP contribution in [0.15, 0.2) is 6.07 Å². The van der Waals surface area contributed by atoms with Crippen molar-refractivity contribution in [3.05, 3.63) is 29.2 Å². The van der Waals surface area contributed by atoms with Gasteiger partial charge in [-0.3, -0.25) is 0 Å². The molecule has 0 saturated heterocycles. The van der Waals surface area contributed by atoms with Crippen molar-refractivity contribution in [1.82, 2.24) is 24.7 Å². The van der Waals surface area contributed by atoms with Gasteiger partial charge in [0.2, 0.25) is 0 Å². The molecule has 1 unspecified atom stereocenters. The molecule has 2 aromatic heterocycles. The van der Waals surface area contributed by atoms with Crippen LogP contribution in [0.4, 0.5) is 5.82 Å². The Balaban J connectivity index is 1.82. The summed E-state index contributed by atoms with van der Waals surface area (Å²) in [7, 11) is 0. The van der Waals surface area contributed by atoms with Gasteiger partial charge in [-0.2, -0.15) is 0 Å². The Morgan fingerprint density at radius 1 is 1.14 bits per heavy atom. The van der Waals surface area contributed by atoms with Gasteiger partial charge in [-0.15, -0.1) is 10.2 Å². The van der Waals surface area contributed by atoms with E-state index in [1.807, 2.05) is 13.0 Å². The summed E-state index contributed by atoms with van der Waals surface area (Å²) in [5.74, 6) is 4.15. The Bertz CT molecular complexity index is 661. The smallest absolute Gasteiger partial charge is 0.155 e. The van der Waals surface area contributed by atoms with Crippen LogP contribution in [0.5, 0.6) is 0 Å². The Morgan fingerprint density at radius 3 is 2.73 bits per heavy atom. The van der Waals surface area contributed by atoms with E-state index in [9.17, 15) is 0 Å². The fourth-order valence-electron chi connectivity index (χ4n) is 2.86. The third-order valence-electron chi connectivity index (χ3n) is 4.03. The Morgan fingerprint density at radius 2 is 1.95 bits per heavy atom. The molecule has 6 nitrogen and oxygen atoms in total. The lowest BCUT2D eigenvalue weighted by Crippen LogP contribution is -2.19. The van der Waals surface area contributed by atoms with Gasteiger partial charge in [-0.25, -0.2) is 9.97 Å². The van der Waals surface area contributed by atoms with E-state index in [-0.39, 0.29) is 6.04 Å². The van der Waals surface area contributed by atoms with Crippen LogP contribution in [0.3, 0.4) is 0 Å². The average Bonchev–Trinajstić information content (AvgIpc) is 2.90. The summed E-state index contributed by atoms with van der Waals surface area (Å²) < 4.78 is 2.25. The fourth-order valence-corrected chi connectivity index (χ4v) is 2.86. The van der Waals surface area contributed by atoms with Crippen LogP contribution in [0.1, 0.15) is 68.7 Å². The van der Waals surface area contributed by atoms with E-state index in [1.165, 1.54) is 12.8 Å². The second-order valence-electron chi connectivity index (χ2n) is 6.36. The summed E-state index contributed by atoms with van der Waals surface area (Å²) in [6.07, 6.45) is 3.45. The Hall–Kier alpha value is -1.98. The number of aryl methyl sites for hydroxylation is 2. The molecule has 22 heavy (non-hydrogen) atoms. The molecular formula is C16H24N6. The first-order valence-corrected chi connectivity index (χ1v) is 8.08. The molecule has 0 aromatic carbocycles. The van der Waals surface area contributed by atoms with Crippen molar-refractivity contribution in [1.29, 1.82) is 0 Å². The van der Waals surface area contributed by atoms with Crippen LogP contribution >= 0.6 is 0 Å². The minimum atomic E-state index is 0.0775. The zero-order valence-electron chi connectivity index (χ0n) is 13.8. The first-order chi connectivity index (χ1) is 10.5. The first kappa shape index (κ1) is 14.9. The van der Waals surface area contributed by atoms with Crippen molar-refractivity contribution in [2.45, 2.75) is 65.5 Å². The molecule has 3 rings (SSSR count). The highest BCUT2D eigenvalue weighted by Gasteiger charge is 2.20. The zero-order chi connectivity index (χ0) is 15.7. The van der Waals surface area contributed by atoms with Gasteiger partial charge in [-0.1, -0.05) is 13.8 Å². The van der Waals surface area contributed by atoms with E-state index < -0.39 is 0 Å². The van der Waals surface area contributed by atoms with Crippen LogP contribution in [0.25, 0.3) is 0 Å². The lowest BCUT2D eigenvalue weighted by atomic mass is 10.1. The molecule has 6 heteroatoms. The first-order valence-electron chi connectivity index (χ1n) is 8.08. The predicted molar refractivity (Wildman–Crippen MR) is 85.9 cm³/mol. The topological polar surface area (TPSA) is 68.5 Å². The second-order valence-corrected chi connectivity index (χ2v) is 6.36. The monoisotopic (exact) mass is 300 g/mol. The second kappa shape index (κ2) is 6.02. The average molecular weight is 300 g/mol. The largest absolute Gasteiger partial charge is 0.360 e. The third-order valence-corrected chi connectivity index (χ3v) is 4.03. The van der Waals surface area contributed by atoms with Crippen LogP contribution < -0.4 is 5.32 Å². The molecule has 0 aliphatic carbocycles. The maximum absolute atomic E-state index is 4.62. The molecule has 2 aromatic rings. The summed E-state index contributed by atoms with van der Waals surface area (Å²) in [5, 5.41) is 12.2. The van der Waals surface area contributed by atoms with Crippen LogP contribution in [-0.2, 0) is 13.0 Å². The molecule has 0 fully saturated rings. The number of nitrogens with one attached hydrogen (secondary N) is 1. The molecule has 0 radical (unpaired) electrons. The molecule has 118 valence electrons. The SMILES string of the molecule is Cc1cc(NC(C)c2nnc3n2CCCC3)nc(C(C)C)n1. The minimum Gasteiger partial charge on any atom is -0.360 e. The highest BCUT2D eigenvalue weighted by atomic mass is 15.3. The molecule has 0 bridgehead atoms. The number of rotatable bonds is 4. The molecule has 1 aliphatic heterocycles. The van der Waals surface area contributed by atoms with Gasteiger partial charge in [0, 0.05) is 30.6 Å². The molecule has 1 atom stereocenters. The van der Waals surface area contributed by atoms with Gasteiger partial charge in [0.05, 0.1) is 6.04 Å². The maximum Gasteiger partial charge on any atom is 0.155 e. The Labute approximate surface area is 131 Å². The van der Waals surface area contributed by atoms with Crippen LogP contribution in [0.2, 0.25) is 0 Å². The van der Waals surface area contributed by atoms with Crippen molar-refractivity contribution in [2.24, 2.45) is 0 Å². The van der Waals surface area contributed by atoms with E-state index in [0.717, 1.165) is 42.0 Å². The zero-order valence-corrected chi connectivity index (χ0v) is 13.8. The van der Waals surface area contributed by atoms with E-state index in [1.54, 1.807) is 0 Å². The quantitative estimate of drug-likeness (QED) is 0.940. The number of fused-ring (bicyclic) bond motifs is 1. The molecular weight excluding hydrogens is 276 g/mol. The van der Waals surface area contributed by atoms with Gasteiger partial charge in [0.15, 0.2) is 5.82 Å². The lowest BCUT2D eigenvalue weighted by Gasteiger charge is -2.19. The molecule has 0 saturated carbocycles. The van der Waals surface area contributed by atoms with Gasteiger partial charge < -0.3 is 9.88 Å². The van der Waals surface area contributed by atoms with E-state index in [4.69, 9.17) is 0 Å². The number of aromatic nitrogens is 5. The molecule has 3 heterocycles. The van der Waals surface area contributed by atoms with Crippen LogP contribution in [-0.4, -0.2) is 24.7 Å². The standard InChI is InChI=1S/C16H24N6/c1-10(2)15-17-11(3)9-13(19-15)18-12(4)16-21-20-14-7-5-6-8-22(14)16/h9-10,12H,5-8H2,1-4H3,(H,17,18,19). The van der Waals surface area contributed by atoms with Gasteiger partial charge in [0.25, 0.3) is 0 Å². The number of nitrogens with zero attached hydrogens (tertiary/aromatic N) is 5. The number of anilines is 1. The maximum atomic E-state index is 4.62. The summed E-state index contributed by atoms with van der Waals surface area (Å²) in [5.41, 5.74) is 0.983. The van der Waals surface area contributed by atoms with E-state index in [0.29, 0.717) is 5.92 Å². The van der Waals surface area contributed by atoms with Crippen molar-refractivity contribution in [2.75, 3.05) is 5.32 Å². The highest BCUT2D eigenvalue weighted by Crippen LogP contribution is 2.22. The Kier molecular flexibility index (Phi) is 4.09. The minimum absolute atomic E-state index is 0.0775. The van der Waals surface area contributed by atoms with Gasteiger partial charge >= 0.3 is 0 Å². The van der Waals surface area contributed by atoms with E-state index >= 15 is 0 Å². The van der Waals surface area contributed by atoms with Crippen molar-refractivity contribution < 1.29 is 0 Å². The van der Waals surface area contributed by atoms with E-state index in [2.05, 4.69) is 50.8 Å². The fraction of sp³-hybridized carbons (Fsp3) is 0.625. The van der Waals surface area contributed by atoms with Crippen molar-refractivity contribution in [3.63, 3.8) is 0 Å². The third kappa shape index (κ3) is 2.96. The summed E-state index contributed by atoms with van der Waals surface area (Å²) in [6.45, 7) is 9.35. The number of hydrogen-bond donors (Lipinski definition) is 1. The van der Waals surface area contributed by atoms with Crippen LogP contribution in [0, 0.1) is 6.92 Å². The molecule has 1 aliphatic rings. The predicted octanol–water partition coefficient (Wildman–Crippen LogP) is 3.01. The summed E-state index contributed by atoms with van der Waals surface area (Å²) in [6, 6.07) is 2.06. The molecule has 0 amide bonds. The molecule has 0 spiro atoms. The normalized spacial score (nSPS) is 15.7. The number of hydrogen-bond acceptors (Lipinski definition) is 5. The van der Waals surface area contributed by atoms with Gasteiger partial charge in [-0.05, 0) is 26.7 Å². The van der Waals surface area contributed by atoms with Gasteiger partial charge in [0.1, 0.15) is 17.5 Å². The van der Waals surface area contributed by atoms with Crippen molar-refractivity contribution in [3.8, 4) is 0 Å². The summed E-state index contributed by atoms with van der Waals surface area (Å²) in [4.78, 5) is 9.10. The highest BCUT2D eigenvalue weighted by molar-refractivity contribution is 5.38. The molecule has 1 N–H and O–H groups in total. The summed E-state index contributed by atoms with van der Waals surface area (Å²) >= 11 is 0.